The molecule has 0 spiro atoms. The van der Waals surface area contributed by atoms with Crippen LogP contribution in [0.4, 0.5) is 0 Å². The van der Waals surface area contributed by atoms with E-state index in [1.54, 1.807) is 18.2 Å². The van der Waals surface area contributed by atoms with Crippen LogP contribution in [0.15, 0.2) is 47.4 Å². The molecule has 20 heavy (non-hydrogen) atoms. The summed E-state index contributed by atoms with van der Waals surface area (Å²) < 4.78 is 0. The second-order valence-corrected chi connectivity index (χ2v) is 5.44. The fourth-order valence-electron chi connectivity index (χ4n) is 1.93. The highest BCUT2D eigenvalue weighted by Crippen LogP contribution is 2.17. The molecular formula is C17H15NOS. The lowest BCUT2D eigenvalue weighted by Gasteiger charge is -2.02. The minimum Gasteiger partial charge on any atom is -0.288 e. The van der Waals surface area contributed by atoms with Crippen LogP contribution < -0.4 is 0 Å². The van der Waals surface area contributed by atoms with E-state index in [-0.39, 0.29) is 11.4 Å². The Morgan fingerprint density at radius 1 is 1.30 bits per heavy atom. The molecule has 2 rings (SSSR count). The summed E-state index contributed by atoms with van der Waals surface area (Å²) in [6.07, 6.45) is 3.73. The van der Waals surface area contributed by atoms with Gasteiger partial charge in [-0.1, -0.05) is 43.7 Å². The van der Waals surface area contributed by atoms with E-state index in [4.69, 9.17) is 5.26 Å². The van der Waals surface area contributed by atoms with Crippen LogP contribution in [0.3, 0.4) is 0 Å². The topological polar surface area (TPSA) is 40.9 Å². The first kappa shape index (κ1) is 14.2. The molecular weight excluding hydrogens is 266 g/mol. The Morgan fingerprint density at radius 2 is 2.05 bits per heavy atom. The molecule has 1 aromatic heterocycles. The first-order chi connectivity index (χ1) is 9.74. The largest absolute Gasteiger partial charge is 0.288 e. The van der Waals surface area contributed by atoms with Crippen molar-refractivity contribution in [3.63, 3.8) is 0 Å². The van der Waals surface area contributed by atoms with Gasteiger partial charge in [0.15, 0.2) is 0 Å². The van der Waals surface area contributed by atoms with Crippen LogP contribution in [0.25, 0.3) is 6.08 Å². The van der Waals surface area contributed by atoms with Crippen LogP contribution in [0.2, 0.25) is 0 Å². The van der Waals surface area contributed by atoms with Gasteiger partial charge >= 0.3 is 0 Å². The van der Waals surface area contributed by atoms with Gasteiger partial charge in [-0.3, -0.25) is 4.79 Å². The normalized spacial score (nSPS) is 11.1. The molecule has 0 bridgehead atoms. The number of rotatable bonds is 5. The number of carbonyl (C=O) groups is 1. The van der Waals surface area contributed by atoms with Crippen LogP contribution in [0, 0.1) is 11.3 Å². The van der Waals surface area contributed by atoms with Crippen molar-refractivity contribution in [2.75, 3.05) is 0 Å². The number of hydrogen-bond acceptors (Lipinski definition) is 3. The molecule has 0 saturated carbocycles. The third-order valence-corrected chi connectivity index (χ3v) is 3.77. The SMILES string of the molecule is CCCc1ccc(C(=O)/C(C#N)=C/c2cccs2)cc1. The Bertz CT molecular complexity index is 645. The molecule has 0 atom stereocenters. The van der Waals surface area contributed by atoms with E-state index in [9.17, 15) is 4.79 Å². The summed E-state index contributed by atoms with van der Waals surface area (Å²) in [5, 5.41) is 11.1. The number of thiophene rings is 1. The van der Waals surface area contributed by atoms with Crippen molar-refractivity contribution in [2.45, 2.75) is 19.8 Å². The smallest absolute Gasteiger partial charge is 0.203 e. The van der Waals surface area contributed by atoms with Gasteiger partial charge in [-0.2, -0.15) is 5.26 Å². The Morgan fingerprint density at radius 3 is 2.60 bits per heavy atom. The zero-order chi connectivity index (χ0) is 14.4. The first-order valence-corrected chi connectivity index (χ1v) is 7.41. The Balaban J connectivity index is 2.23. The highest BCUT2D eigenvalue weighted by Gasteiger charge is 2.12. The van der Waals surface area contributed by atoms with E-state index < -0.39 is 0 Å². The predicted octanol–water partition coefficient (Wildman–Crippen LogP) is 4.49. The van der Waals surface area contributed by atoms with Crippen molar-refractivity contribution in [3.05, 3.63) is 63.4 Å². The number of nitriles is 1. The number of Topliss-reactive ketones (excluding diaryl/α,β-unsaturated/α-hetero) is 1. The van der Waals surface area contributed by atoms with Crippen molar-refractivity contribution >= 4 is 23.2 Å². The van der Waals surface area contributed by atoms with Gasteiger partial charge in [0.1, 0.15) is 11.6 Å². The fourth-order valence-corrected chi connectivity index (χ4v) is 2.59. The Hall–Kier alpha value is -2.18. The first-order valence-electron chi connectivity index (χ1n) is 6.53. The number of nitrogens with zero attached hydrogens (tertiary/aromatic N) is 1. The predicted molar refractivity (Wildman–Crippen MR) is 82.7 cm³/mol. The molecule has 1 aromatic carbocycles. The van der Waals surface area contributed by atoms with Crippen molar-refractivity contribution in [3.8, 4) is 6.07 Å². The minimum absolute atomic E-state index is 0.177. The zero-order valence-electron chi connectivity index (χ0n) is 11.3. The second-order valence-electron chi connectivity index (χ2n) is 4.46. The zero-order valence-corrected chi connectivity index (χ0v) is 12.1. The number of hydrogen-bond donors (Lipinski definition) is 0. The van der Waals surface area contributed by atoms with Crippen LogP contribution >= 0.6 is 11.3 Å². The van der Waals surface area contributed by atoms with E-state index in [0.29, 0.717) is 5.56 Å². The second kappa shape index (κ2) is 6.83. The number of benzene rings is 1. The van der Waals surface area contributed by atoms with E-state index >= 15 is 0 Å². The lowest BCUT2D eigenvalue weighted by atomic mass is 10.0. The maximum absolute atomic E-state index is 12.3. The summed E-state index contributed by atoms with van der Waals surface area (Å²) in [7, 11) is 0. The molecule has 0 saturated heterocycles. The average molecular weight is 281 g/mol. The summed E-state index contributed by atoms with van der Waals surface area (Å²) in [4.78, 5) is 13.2. The molecule has 0 amide bonds. The molecule has 2 nitrogen and oxygen atoms in total. The average Bonchev–Trinajstić information content (AvgIpc) is 2.98. The lowest BCUT2D eigenvalue weighted by Crippen LogP contribution is -2.01. The third kappa shape index (κ3) is 3.43. The van der Waals surface area contributed by atoms with Gasteiger partial charge in [0.05, 0.1) is 0 Å². The monoisotopic (exact) mass is 281 g/mol. The van der Waals surface area contributed by atoms with Crippen molar-refractivity contribution in [2.24, 2.45) is 0 Å². The van der Waals surface area contributed by atoms with E-state index in [0.717, 1.165) is 17.7 Å². The van der Waals surface area contributed by atoms with E-state index in [2.05, 4.69) is 6.92 Å². The third-order valence-electron chi connectivity index (χ3n) is 2.95. The molecule has 0 aliphatic heterocycles. The minimum atomic E-state index is -0.219. The molecule has 0 radical (unpaired) electrons. The van der Waals surface area contributed by atoms with Gasteiger partial charge in [-0.15, -0.1) is 11.3 Å². The summed E-state index contributed by atoms with van der Waals surface area (Å²) in [5.41, 5.74) is 1.95. The summed E-state index contributed by atoms with van der Waals surface area (Å²) in [5.74, 6) is -0.219. The highest BCUT2D eigenvalue weighted by atomic mass is 32.1. The lowest BCUT2D eigenvalue weighted by molar-refractivity contribution is 0.104. The summed E-state index contributed by atoms with van der Waals surface area (Å²) in [6, 6.07) is 13.3. The summed E-state index contributed by atoms with van der Waals surface area (Å²) in [6.45, 7) is 2.12. The van der Waals surface area contributed by atoms with Gasteiger partial charge in [0.25, 0.3) is 0 Å². The maximum atomic E-state index is 12.3. The highest BCUT2D eigenvalue weighted by molar-refractivity contribution is 7.10. The number of carbonyl (C=O) groups excluding carboxylic acids is 1. The fraction of sp³-hybridized carbons (Fsp3) is 0.176. The summed E-state index contributed by atoms with van der Waals surface area (Å²) >= 11 is 1.51. The van der Waals surface area contributed by atoms with E-state index in [1.807, 2.05) is 35.7 Å². The molecule has 100 valence electrons. The van der Waals surface area contributed by atoms with Gasteiger partial charge in [0.2, 0.25) is 5.78 Å². The van der Waals surface area contributed by atoms with Crippen molar-refractivity contribution < 1.29 is 4.79 Å². The standard InChI is InChI=1S/C17H15NOS/c1-2-4-13-6-8-14(9-7-13)17(19)15(12-18)11-16-5-3-10-20-16/h3,5-11H,2,4H2,1H3/b15-11+. The number of allylic oxidation sites excluding steroid dienone is 1. The molecule has 1 heterocycles. The maximum Gasteiger partial charge on any atom is 0.203 e. The Labute approximate surface area is 123 Å². The molecule has 3 heteroatoms. The van der Waals surface area contributed by atoms with Crippen LogP contribution in [-0.2, 0) is 6.42 Å². The quantitative estimate of drug-likeness (QED) is 0.460. The van der Waals surface area contributed by atoms with Crippen LogP contribution in [0.5, 0.6) is 0 Å². The number of aryl methyl sites for hydroxylation is 1. The molecule has 0 unspecified atom stereocenters. The van der Waals surface area contributed by atoms with Gasteiger partial charge < -0.3 is 0 Å². The molecule has 2 aromatic rings. The van der Waals surface area contributed by atoms with Gasteiger partial charge in [-0.05, 0) is 29.5 Å². The van der Waals surface area contributed by atoms with Crippen molar-refractivity contribution in [1.82, 2.24) is 0 Å². The molecule has 0 aliphatic rings. The van der Waals surface area contributed by atoms with E-state index in [1.165, 1.54) is 16.9 Å². The van der Waals surface area contributed by atoms with Gasteiger partial charge in [0, 0.05) is 10.4 Å². The van der Waals surface area contributed by atoms with Gasteiger partial charge in [-0.25, -0.2) is 0 Å². The number of ketones is 1. The van der Waals surface area contributed by atoms with Crippen molar-refractivity contribution in [1.29, 1.82) is 5.26 Å². The molecule has 0 aliphatic carbocycles. The Kier molecular flexibility index (Phi) is 4.86. The van der Waals surface area contributed by atoms with Crippen LogP contribution in [0.1, 0.15) is 34.1 Å². The molecule has 0 fully saturated rings. The molecule has 0 N–H and O–H groups in total. The van der Waals surface area contributed by atoms with Crippen LogP contribution in [-0.4, -0.2) is 5.78 Å².